The van der Waals surface area contributed by atoms with E-state index in [1.165, 1.54) is 12.8 Å². The van der Waals surface area contributed by atoms with Gasteiger partial charge in [0.15, 0.2) is 0 Å². The van der Waals surface area contributed by atoms with Crippen LogP contribution in [0.3, 0.4) is 0 Å². The van der Waals surface area contributed by atoms with Gasteiger partial charge in [-0.25, -0.2) is 0 Å². The van der Waals surface area contributed by atoms with Crippen molar-refractivity contribution in [2.24, 2.45) is 0 Å². The van der Waals surface area contributed by atoms with Gasteiger partial charge in [0.1, 0.15) is 0 Å². The first kappa shape index (κ1) is 12.5. The van der Waals surface area contributed by atoms with Crippen LogP contribution in [0.25, 0.3) is 0 Å². The fourth-order valence-electron chi connectivity index (χ4n) is 2.13. The third kappa shape index (κ3) is 3.75. The summed E-state index contributed by atoms with van der Waals surface area (Å²) in [5.41, 5.74) is 1.54. The van der Waals surface area contributed by atoms with Crippen molar-refractivity contribution in [2.45, 2.75) is 51.2 Å². The van der Waals surface area contributed by atoms with Crippen molar-refractivity contribution in [1.29, 1.82) is 0 Å². The molecule has 2 heterocycles. The summed E-state index contributed by atoms with van der Waals surface area (Å²) < 4.78 is 5.55. The van der Waals surface area contributed by atoms with Crippen LogP contribution in [0.15, 0.2) is 12.4 Å². The summed E-state index contributed by atoms with van der Waals surface area (Å²) >= 11 is 0. The van der Waals surface area contributed by atoms with Crippen molar-refractivity contribution in [3.8, 4) is 0 Å². The van der Waals surface area contributed by atoms with E-state index in [0.717, 1.165) is 31.6 Å². The Morgan fingerprint density at radius 3 is 3.00 bits per heavy atom. The van der Waals surface area contributed by atoms with Gasteiger partial charge in [0.05, 0.1) is 29.8 Å². The van der Waals surface area contributed by atoms with Crippen LogP contribution in [-0.2, 0) is 4.74 Å². The summed E-state index contributed by atoms with van der Waals surface area (Å²) in [7, 11) is 0. The first-order chi connectivity index (χ1) is 8.25. The van der Waals surface area contributed by atoms with Crippen LogP contribution >= 0.6 is 0 Å². The molecule has 1 aliphatic heterocycles. The lowest BCUT2D eigenvalue weighted by atomic mass is 10.1. The van der Waals surface area contributed by atoms with Gasteiger partial charge in [-0.15, -0.1) is 0 Å². The normalized spacial score (nSPS) is 21.6. The second kappa shape index (κ2) is 6.07. The third-order valence-corrected chi connectivity index (χ3v) is 3.17. The second-order valence-electron chi connectivity index (χ2n) is 4.66. The van der Waals surface area contributed by atoms with Crippen LogP contribution in [0.4, 0.5) is 0 Å². The molecule has 1 N–H and O–H groups in total. The number of aliphatic hydroxyl groups excluding tert-OH is 1. The molecule has 0 bridgehead atoms. The highest BCUT2D eigenvalue weighted by Gasteiger charge is 2.16. The number of rotatable bonds is 5. The maximum absolute atomic E-state index is 9.94. The van der Waals surface area contributed by atoms with Crippen LogP contribution in [0.5, 0.6) is 0 Å². The smallest absolute Gasteiger partial charge is 0.0975 e. The van der Waals surface area contributed by atoms with Crippen molar-refractivity contribution in [3.05, 3.63) is 23.8 Å². The number of hydrogen-bond acceptors (Lipinski definition) is 4. The van der Waals surface area contributed by atoms with Crippen LogP contribution in [0, 0.1) is 6.92 Å². The molecule has 0 aliphatic carbocycles. The molecule has 2 unspecified atom stereocenters. The van der Waals surface area contributed by atoms with Crippen molar-refractivity contribution >= 4 is 0 Å². The fraction of sp³-hybridized carbons (Fsp3) is 0.692. The summed E-state index contributed by atoms with van der Waals surface area (Å²) in [5.74, 6) is 0. The lowest BCUT2D eigenvalue weighted by Crippen LogP contribution is -2.07. The Kier molecular flexibility index (Phi) is 4.45. The SMILES string of the molecule is Cc1cnc(C(O)CCCC2CCCO2)cn1. The van der Waals surface area contributed by atoms with E-state index in [-0.39, 0.29) is 0 Å². The summed E-state index contributed by atoms with van der Waals surface area (Å²) in [6.45, 7) is 2.79. The van der Waals surface area contributed by atoms with E-state index < -0.39 is 6.10 Å². The predicted molar refractivity (Wildman–Crippen MR) is 64.6 cm³/mol. The Morgan fingerprint density at radius 1 is 1.47 bits per heavy atom. The van der Waals surface area contributed by atoms with E-state index in [1.807, 2.05) is 6.92 Å². The van der Waals surface area contributed by atoms with E-state index in [2.05, 4.69) is 9.97 Å². The van der Waals surface area contributed by atoms with Crippen molar-refractivity contribution in [2.75, 3.05) is 6.61 Å². The van der Waals surface area contributed by atoms with Gasteiger partial charge in [0, 0.05) is 12.8 Å². The molecule has 0 amide bonds. The molecule has 2 atom stereocenters. The highest BCUT2D eigenvalue weighted by molar-refractivity contribution is 5.03. The van der Waals surface area contributed by atoms with E-state index >= 15 is 0 Å². The standard InChI is InChI=1S/C13H20N2O2/c1-10-8-15-12(9-14-10)13(16)6-2-4-11-5-3-7-17-11/h8-9,11,13,16H,2-7H2,1H3. The molecular weight excluding hydrogens is 216 g/mol. The van der Waals surface area contributed by atoms with E-state index in [1.54, 1.807) is 12.4 Å². The van der Waals surface area contributed by atoms with Crippen molar-refractivity contribution < 1.29 is 9.84 Å². The Labute approximate surface area is 102 Å². The number of aryl methyl sites for hydroxylation is 1. The maximum Gasteiger partial charge on any atom is 0.0975 e. The predicted octanol–water partition coefficient (Wildman–Crippen LogP) is 2.17. The molecule has 1 fully saturated rings. The Hall–Kier alpha value is -1.00. The molecule has 1 aromatic heterocycles. The minimum Gasteiger partial charge on any atom is -0.387 e. The molecule has 0 saturated carbocycles. The fourth-order valence-corrected chi connectivity index (χ4v) is 2.13. The zero-order chi connectivity index (χ0) is 12.1. The number of aliphatic hydroxyl groups is 1. The van der Waals surface area contributed by atoms with Gasteiger partial charge in [-0.2, -0.15) is 0 Å². The molecule has 1 saturated heterocycles. The number of hydrogen-bond donors (Lipinski definition) is 1. The molecule has 17 heavy (non-hydrogen) atoms. The topological polar surface area (TPSA) is 55.2 Å². The quantitative estimate of drug-likeness (QED) is 0.851. The molecule has 4 heteroatoms. The molecule has 4 nitrogen and oxygen atoms in total. The average molecular weight is 236 g/mol. The minimum atomic E-state index is -0.496. The van der Waals surface area contributed by atoms with Gasteiger partial charge >= 0.3 is 0 Å². The maximum atomic E-state index is 9.94. The van der Waals surface area contributed by atoms with Crippen LogP contribution < -0.4 is 0 Å². The Bertz CT molecular complexity index is 334. The van der Waals surface area contributed by atoms with Gasteiger partial charge in [0.2, 0.25) is 0 Å². The number of ether oxygens (including phenoxy) is 1. The van der Waals surface area contributed by atoms with Crippen molar-refractivity contribution in [3.63, 3.8) is 0 Å². The zero-order valence-corrected chi connectivity index (χ0v) is 10.3. The molecule has 1 aromatic rings. The summed E-state index contributed by atoms with van der Waals surface area (Å²) in [4.78, 5) is 8.32. The van der Waals surface area contributed by atoms with E-state index in [4.69, 9.17) is 4.74 Å². The number of aromatic nitrogens is 2. The van der Waals surface area contributed by atoms with Crippen LogP contribution in [0.1, 0.15) is 49.6 Å². The lowest BCUT2D eigenvalue weighted by molar-refractivity contribution is 0.0939. The summed E-state index contributed by atoms with van der Waals surface area (Å²) in [6.07, 6.45) is 8.35. The molecule has 94 valence electrons. The zero-order valence-electron chi connectivity index (χ0n) is 10.3. The molecule has 1 aliphatic rings. The van der Waals surface area contributed by atoms with Crippen LogP contribution in [-0.4, -0.2) is 27.8 Å². The number of nitrogens with zero attached hydrogens (tertiary/aromatic N) is 2. The largest absolute Gasteiger partial charge is 0.387 e. The van der Waals surface area contributed by atoms with Gasteiger partial charge < -0.3 is 9.84 Å². The van der Waals surface area contributed by atoms with Gasteiger partial charge in [-0.05, 0) is 39.0 Å². The van der Waals surface area contributed by atoms with Crippen molar-refractivity contribution in [1.82, 2.24) is 9.97 Å². The third-order valence-electron chi connectivity index (χ3n) is 3.17. The Morgan fingerprint density at radius 2 is 2.35 bits per heavy atom. The first-order valence-electron chi connectivity index (χ1n) is 6.34. The molecular formula is C13H20N2O2. The van der Waals surface area contributed by atoms with Gasteiger partial charge in [-0.3, -0.25) is 9.97 Å². The van der Waals surface area contributed by atoms with E-state index in [9.17, 15) is 5.11 Å². The highest BCUT2D eigenvalue weighted by Crippen LogP contribution is 2.21. The molecule has 0 spiro atoms. The average Bonchev–Trinajstić information content (AvgIpc) is 2.83. The first-order valence-corrected chi connectivity index (χ1v) is 6.34. The van der Waals surface area contributed by atoms with E-state index in [0.29, 0.717) is 11.8 Å². The second-order valence-corrected chi connectivity index (χ2v) is 4.66. The summed E-state index contributed by atoms with van der Waals surface area (Å²) in [5, 5.41) is 9.94. The highest BCUT2D eigenvalue weighted by atomic mass is 16.5. The Balaban J connectivity index is 1.72. The molecule has 2 rings (SSSR count). The van der Waals surface area contributed by atoms with Crippen LogP contribution in [0.2, 0.25) is 0 Å². The monoisotopic (exact) mass is 236 g/mol. The lowest BCUT2D eigenvalue weighted by Gasteiger charge is -2.12. The van der Waals surface area contributed by atoms with Gasteiger partial charge in [0.25, 0.3) is 0 Å². The van der Waals surface area contributed by atoms with Gasteiger partial charge in [-0.1, -0.05) is 0 Å². The molecule has 0 radical (unpaired) electrons. The minimum absolute atomic E-state index is 0.409. The molecule has 0 aromatic carbocycles. The summed E-state index contributed by atoms with van der Waals surface area (Å²) in [6, 6.07) is 0.